The lowest BCUT2D eigenvalue weighted by molar-refractivity contribution is 0.990. The van der Waals surface area contributed by atoms with E-state index in [1.165, 1.54) is 0 Å². The van der Waals surface area contributed by atoms with E-state index in [2.05, 4.69) is 11.1 Å². The average Bonchev–Trinajstić information content (AvgIpc) is 3.10. The summed E-state index contributed by atoms with van der Waals surface area (Å²) in [5.74, 6) is 0. The quantitative estimate of drug-likeness (QED) is 0.440. The molecule has 108 valence electrons. The summed E-state index contributed by atoms with van der Waals surface area (Å²) in [5.41, 5.74) is 4.63. The Bertz CT molecular complexity index is 1280. The number of benzene rings is 1. The molecule has 0 aliphatic carbocycles. The fraction of sp³-hybridized carbons (Fsp3) is 0.0556. The van der Waals surface area contributed by atoms with Crippen molar-refractivity contribution in [3.05, 3.63) is 54.2 Å². The molecule has 5 heteroatoms. The highest BCUT2D eigenvalue weighted by molar-refractivity contribution is 6.13. The maximum atomic E-state index is 9.79. The second kappa shape index (κ2) is 4.08. The average molecular weight is 297 g/mol. The summed E-state index contributed by atoms with van der Waals surface area (Å²) < 4.78 is 3.96. The van der Waals surface area contributed by atoms with Crippen LogP contribution in [0.2, 0.25) is 0 Å². The predicted molar refractivity (Wildman–Crippen MR) is 89.2 cm³/mol. The molecule has 0 aliphatic heterocycles. The van der Waals surface area contributed by atoms with Crippen LogP contribution < -0.4 is 0 Å². The number of aryl methyl sites for hydroxylation is 1. The zero-order valence-corrected chi connectivity index (χ0v) is 12.4. The number of nitrogens with zero attached hydrogens (tertiary/aromatic N) is 5. The van der Waals surface area contributed by atoms with E-state index in [0.29, 0.717) is 11.1 Å². The molecule has 0 saturated heterocycles. The first-order valence-corrected chi connectivity index (χ1v) is 7.33. The van der Waals surface area contributed by atoms with Gasteiger partial charge in [-0.3, -0.25) is 4.40 Å². The van der Waals surface area contributed by atoms with Crippen LogP contribution in [0.1, 0.15) is 5.56 Å². The molecule has 1 aromatic carbocycles. The number of aromatic nitrogens is 4. The van der Waals surface area contributed by atoms with E-state index in [-0.39, 0.29) is 0 Å². The van der Waals surface area contributed by atoms with Crippen LogP contribution in [0.25, 0.3) is 38.7 Å². The van der Waals surface area contributed by atoms with Gasteiger partial charge in [0.1, 0.15) is 22.9 Å². The molecule has 23 heavy (non-hydrogen) atoms. The standard InChI is InChI=1S/C18H11N5/c1-22-13-7-3-2-6-11(13)15-12(10-19)16-18(21-17(15)22)23-9-5-4-8-14(23)20-16/h2-9H,1H3. The third kappa shape index (κ3) is 1.40. The van der Waals surface area contributed by atoms with Crippen molar-refractivity contribution in [3.8, 4) is 6.07 Å². The van der Waals surface area contributed by atoms with Gasteiger partial charge < -0.3 is 4.57 Å². The van der Waals surface area contributed by atoms with Crippen molar-refractivity contribution in [3.63, 3.8) is 0 Å². The Balaban J connectivity index is 2.16. The van der Waals surface area contributed by atoms with E-state index >= 15 is 0 Å². The van der Waals surface area contributed by atoms with Gasteiger partial charge in [0, 0.05) is 24.0 Å². The molecule has 0 radical (unpaired) electrons. The van der Waals surface area contributed by atoms with Crippen LogP contribution in [-0.2, 0) is 7.05 Å². The molecular weight excluding hydrogens is 286 g/mol. The molecule has 0 amide bonds. The minimum absolute atomic E-state index is 0.588. The van der Waals surface area contributed by atoms with Gasteiger partial charge in [-0.25, -0.2) is 9.97 Å². The molecule has 4 aromatic heterocycles. The molecule has 0 aliphatic rings. The summed E-state index contributed by atoms with van der Waals surface area (Å²) in [7, 11) is 1.98. The molecule has 5 aromatic rings. The molecule has 0 unspecified atom stereocenters. The van der Waals surface area contributed by atoms with Crippen molar-refractivity contribution in [2.24, 2.45) is 7.05 Å². The van der Waals surface area contributed by atoms with E-state index in [1.807, 2.05) is 64.7 Å². The maximum Gasteiger partial charge on any atom is 0.168 e. The van der Waals surface area contributed by atoms with Gasteiger partial charge >= 0.3 is 0 Å². The summed E-state index contributed by atoms with van der Waals surface area (Å²) >= 11 is 0. The monoisotopic (exact) mass is 297 g/mol. The Labute approximate surface area is 131 Å². The van der Waals surface area contributed by atoms with Gasteiger partial charge in [0.15, 0.2) is 5.65 Å². The van der Waals surface area contributed by atoms with Gasteiger partial charge in [-0.15, -0.1) is 0 Å². The maximum absolute atomic E-state index is 9.79. The van der Waals surface area contributed by atoms with Crippen molar-refractivity contribution in [2.75, 3.05) is 0 Å². The smallest absolute Gasteiger partial charge is 0.168 e. The molecule has 4 heterocycles. The van der Waals surface area contributed by atoms with E-state index < -0.39 is 0 Å². The van der Waals surface area contributed by atoms with Gasteiger partial charge in [-0.2, -0.15) is 5.26 Å². The fourth-order valence-electron chi connectivity index (χ4n) is 3.34. The van der Waals surface area contributed by atoms with Crippen LogP contribution in [0.5, 0.6) is 0 Å². The zero-order chi connectivity index (χ0) is 15.6. The summed E-state index contributed by atoms with van der Waals surface area (Å²) in [6.45, 7) is 0. The Hall–Kier alpha value is -3.39. The second-order valence-corrected chi connectivity index (χ2v) is 5.59. The number of rotatable bonds is 0. The highest BCUT2D eigenvalue weighted by Crippen LogP contribution is 2.33. The highest BCUT2D eigenvalue weighted by Gasteiger charge is 2.19. The van der Waals surface area contributed by atoms with Crippen LogP contribution in [0.15, 0.2) is 48.7 Å². The van der Waals surface area contributed by atoms with E-state index in [0.717, 1.165) is 33.2 Å². The van der Waals surface area contributed by atoms with Crippen molar-refractivity contribution < 1.29 is 0 Å². The number of imidazole rings is 1. The van der Waals surface area contributed by atoms with Crippen molar-refractivity contribution in [1.82, 2.24) is 18.9 Å². The normalized spacial score (nSPS) is 11.7. The van der Waals surface area contributed by atoms with Gasteiger partial charge in [0.05, 0.1) is 11.1 Å². The largest absolute Gasteiger partial charge is 0.328 e. The molecule has 0 saturated carbocycles. The molecule has 0 spiro atoms. The van der Waals surface area contributed by atoms with Gasteiger partial charge in [0.2, 0.25) is 0 Å². The predicted octanol–water partition coefficient (Wildman–Crippen LogP) is 3.40. The van der Waals surface area contributed by atoms with Gasteiger partial charge in [0.25, 0.3) is 0 Å². The van der Waals surface area contributed by atoms with E-state index in [9.17, 15) is 5.26 Å². The molecule has 0 fully saturated rings. The van der Waals surface area contributed by atoms with Crippen molar-refractivity contribution in [1.29, 1.82) is 5.26 Å². The van der Waals surface area contributed by atoms with Crippen LogP contribution >= 0.6 is 0 Å². The molecule has 5 rings (SSSR count). The Morgan fingerprint density at radius 2 is 1.83 bits per heavy atom. The molecule has 0 atom stereocenters. The Morgan fingerprint density at radius 1 is 1.00 bits per heavy atom. The minimum atomic E-state index is 0.588. The van der Waals surface area contributed by atoms with Gasteiger partial charge in [-0.05, 0) is 18.2 Å². The topological polar surface area (TPSA) is 58.9 Å². The first-order valence-electron chi connectivity index (χ1n) is 7.33. The summed E-state index contributed by atoms with van der Waals surface area (Å²) in [5, 5.41) is 11.7. The minimum Gasteiger partial charge on any atom is -0.328 e. The van der Waals surface area contributed by atoms with Crippen LogP contribution in [-0.4, -0.2) is 18.9 Å². The molecule has 5 nitrogen and oxygen atoms in total. The Morgan fingerprint density at radius 3 is 2.70 bits per heavy atom. The van der Waals surface area contributed by atoms with Crippen LogP contribution in [0, 0.1) is 11.3 Å². The van der Waals surface area contributed by atoms with Gasteiger partial charge in [-0.1, -0.05) is 24.3 Å². The highest BCUT2D eigenvalue weighted by atomic mass is 15.1. The summed E-state index contributed by atoms with van der Waals surface area (Å²) in [4.78, 5) is 9.44. The molecular formula is C18H11N5. The third-order valence-corrected chi connectivity index (χ3v) is 4.39. The van der Waals surface area contributed by atoms with E-state index in [4.69, 9.17) is 4.98 Å². The summed E-state index contributed by atoms with van der Waals surface area (Å²) in [6, 6.07) is 16.2. The lowest BCUT2D eigenvalue weighted by Crippen LogP contribution is -1.93. The van der Waals surface area contributed by atoms with Crippen LogP contribution in [0.3, 0.4) is 0 Å². The second-order valence-electron chi connectivity index (χ2n) is 5.59. The first-order chi connectivity index (χ1) is 11.3. The number of fused-ring (bicyclic) bond motifs is 6. The number of hydrogen-bond acceptors (Lipinski definition) is 3. The summed E-state index contributed by atoms with van der Waals surface area (Å²) in [6.07, 6.45) is 1.92. The Kier molecular flexibility index (Phi) is 2.16. The van der Waals surface area contributed by atoms with Crippen LogP contribution in [0.4, 0.5) is 0 Å². The zero-order valence-electron chi connectivity index (χ0n) is 12.4. The SMILES string of the molecule is Cn1c2ccccc2c2c(C#N)c3nc4ccccn4c3nc21. The lowest BCUT2D eigenvalue weighted by Gasteiger charge is -1.99. The number of nitriles is 1. The number of hydrogen-bond donors (Lipinski definition) is 0. The first kappa shape index (κ1) is 12.2. The fourth-order valence-corrected chi connectivity index (χ4v) is 3.34. The number of para-hydroxylation sites is 1. The number of pyridine rings is 2. The van der Waals surface area contributed by atoms with Crippen molar-refractivity contribution in [2.45, 2.75) is 0 Å². The molecule has 0 bridgehead atoms. The van der Waals surface area contributed by atoms with Crippen molar-refractivity contribution >= 4 is 38.7 Å². The van der Waals surface area contributed by atoms with E-state index in [1.54, 1.807) is 0 Å². The molecule has 0 N–H and O–H groups in total. The lowest BCUT2D eigenvalue weighted by atomic mass is 10.1. The third-order valence-electron chi connectivity index (χ3n) is 4.39.